The predicted octanol–water partition coefficient (Wildman–Crippen LogP) is 1.08. The average Bonchev–Trinajstić information content (AvgIpc) is 2.71. The fourth-order valence-corrected chi connectivity index (χ4v) is 2.16. The zero-order chi connectivity index (χ0) is 15.3. The number of aliphatic carboxylic acids is 1. The molecule has 0 amide bonds. The Balaban J connectivity index is 2.55. The summed E-state index contributed by atoms with van der Waals surface area (Å²) in [7, 11) is 3.93. The summed E-state index contributed by atoms with van der Waals surface area (Å²) in [5, 5.41) is 12.5. The van der Waals surface area contributed by atoms with Gasteiger partial charge in [0.15, 0.2) is 0 Å². The van der Waals surface area contributed by atoms with Crippen LogP contribution in [0.25, 0.3) is 0 Å². The van der Waals surface area contributed by atoms with Crippen LogP contribution in [0.3, 0.4) is 0 Å². The molecule has 1 unspecified atom stereocenters. The van der Waals surface area contributed by atoms with Gasteiger partial charge in [0.25, 0.3) is 0 Å². The van der Waals surface area contributed by atoms with Crippen molar-refractivity contribution < 1.29 is 9.90 Å². The summed E-state index contributed by atoms with van der Waals surface area (Å²) in [6.45, 7) is 7.05. The van der Waals surface area contributed by atoms with Crippen molar-refractivity contribution in [2.45, 2.75) is 45.3 Å². The molecule has 1 aromatic rings. The summed E-state index contributed by atoms with van der Waals surface area (Å²) in [5.41, 5.74) is -0.899. The quantitative estimate of drug-likeness (QED) is 0.747. The lowest BCUT2D eigenvalue weighted by atomic mass is 9.96. The first-order valence-corrected chi connectivity index (χ1v) is 6.90. The molecule has 0 saturated heterocycles. The second kappa shape index (κ2) is 6.85. The minimum Gasteiger partial charge on any atom is -0.480 e. The lowest BCUT2D eigenvalue weighted by molar-refractivity contribution is -0.144. The number of hydrogen-bond acceptors (Lipinski definition) is 4. The highest BCUT2D eigenvalue weighted by Crippen LogP contribution is 2.13. The van der Waals surface area contributed by atoms with Crippen LogP contribution in [-0.4, -0.2) is 50.7 Å². The highest BCUT2D eigenvalue weighted by Gasteiger charge is 2.33. The smallest absolute Gasteiger partial charge is 0.323 e. The van der Waals surface area contributed by atoms with E-state index in [1.807, 2.05) is 38.7 Å². The van der Waals surface area contributed by atoms with Gasteiger partial charge in [-0.1, -0.05) is 0 Å². The highest BCUT2D eigenvalue weighted by atomic mass is 16.4. The fourth-order valence-electron chi connectivity index (χ4n) is 2.16. The number of nitrogens with one attached hydrogen (secondary N) is 1. The maximum atomic E-state index is 11.4. The number of carbonyl (C=O) groups is 1. The maximum absolute atomic E-state index is 11.4. The van der Waals surface area contributed by atoms with E-state index < -0.39 is 11.5 Å². The van der Waals surface area contributed by atoms with E-state index in [1.54, 1.807) is 13.1 Å². The van der Waals surface area contributed by atoms with E-state index in [1.165, 1.54) is 0 Å². The van der Waals surface area contributed by atoms with Crippen LogP contribution in [0.4, 0.5) is 0 Å². The molecule has 0 saturated carbocycles. The van der Waals surface area contributed by atoms with Crippen molar-refractivity contribution in [1.82, 2.24) is 19.8 Å². The minimum atomic E-state index is -0.899. The molecule has 2 N–H and O–H groups in total. The van der Waals surface area contributed by atoms with E-state index in [-0.39, 0.29) is 6.04 Å². The topological polar surface area (TPSA) is 70.4 Å². The van der Waals surface area contributed by atoms with Crippen molar-refractivity contribution in [1.29, 1.82) is 0 Å². The maximum Gasteiger partial charge on any atom is 0.323 e. The van der Waals surface area contributed by atoms with Gasteiger partial charge in [-0.25, -0.2) is 4.98 Å². The van der Waals surface area contributed by atoms with Gasteiger partial charge in [0.2, 0.25) is 0 Å². The molecule has 6 nitrogen and oxygen atoms in total. The minimum absolute atomic E-state index is 0.135. The molecular weight excluding hydrogens is 256 g/mol. The number of rotatable bonds is 8. The number of imidazole rings is 1. The van der Waals surface area contributed by atoms with E-state index in [0.29, 0.717) is 19.5 Å². The van der Waals surface area contributed by atoms with Gasteiger partial charge in [0.1, 0.15) is 11.4 Å². The van der Waals surface area contributed by atoms with Gasteiger partial charge in [0.05, 0.1) is 6.54 Å². The van der Waals surface area contributed by atoms with Gasteiger partial charge in [-0.15, -0.1) is 0 Å². The molecule has 20 heavy (non-hydrogen) atoms. The van der Waals surface area contributed by atoms with Crippen LogP contribution in [0.2, 0.25) is 0 Å². The predicted molar refractivity (Wildman–Crippen MR) is 78.5 cm³/mol. The van der Waals surface area contributed by atoms with Crippen molar-refractivity contribution >= 4 is 5.97 Å². The highest BCUT2D eigenvalue weighted by molar-refractivity contribution is 5.78. The molecule has 0 aromatic carbocycles. The Morgan fingerprint density at radius 2 is 2.25 bits per heavy atom. The van der Waals surface area contributed by atoms with Crippen molar-refractivity contribution in [2.24, 2.45) is 7.05 Å². The van der Waals surface area contributed by atoms with E-state index in [2.05, 4.69) is 15.2 Å². The van der Waals surface area contributed by atoms with Gasteiger partial charge in [-0.2, -0.15) is 0 Å². The standard InChI is InChI=1S/C14H26N4O2/c1-11(2)16-14(3,13(19)20)6-8-17(4)10-12-15-7-9-18(12)5/h7,9,11,16H,6,8,10H2,1-5H3,(H,19,20). The molecule has 114 valence electrons. The van der Waals surface area contributed by atoms with Gasteiger partial charge >= 0.3 is 5.97 Å². The molecule has 6 heteroatoms. The van der Waals surface area contributed by atoms with E-state index in [4.69, 9.17) is 0 Å². The average molecular weight is 282 g/mol. The van der Waals surface area contributed by atoms with Gasteiger partial charge < -0.3 is 9.67 Å². The summed E-state index contributed by atoms with van der Waals surface area (Å²) in [5.74, 6) is 0.165. The summed E-state index contributed by atoms with van der Waals surface area (Å²) >= 11 is 0. The monoisotopic (exact) mass is 282 g/mol. The Labute approximate surface area is 120 Å². The molecule has 0 radical (unpaired) electrons. The first kappa shape index (κ1) is 16.7. The van der Waals surface area contributed by atoms with Crippen molar-refractivity contribution in [3.8, 4) is 0 Å². The molecular formula is C14H26N4O2. The van der Waals surface area contributed by atoms with Crippen LogP contribution in [0.5, 0.6) is 0 Å². The Morgan fingerprint density at radius 1 is 1.60 bits per heavy atom. The third-order valence-corrected chi connectivity index (χ3v) is 3.41. The van der Waals surface area contributed by atoms with Crippen molar-refractivity contribution in [3.63, 3.8) is 0 Å². The molecule has 0 fully saturated rings. The molecule has 1 heterocycles. The fraction of sp³-hybridized carbons (Fsp3) is 0.714. The summed E-state index contributed by atoms with van der Waals surface area (Å²) in [4.78, 5) is 17.8. The van der Waals surface area contributed by atoms with Gasteiger partial charge in [-0.05, 0) is 34.2 Å². The zero-order valence-corrected chi connectivity index (χ0v) is 13.1. The summed E-state index contributed by atoms with van der Waals surface area (Å²) in [6, 6.07) is 0.135. The van der Waals surface area contributed by atoms with Gasteiger partial charge in [-0.3, -0.25) is 15.0 Å². The Kier molecular flexibility index (Phi) is 5.71. The molecule has 0 spiro atoms. The number of aryl methyl sites for hydroxylation is 1. The molecule has 0 aliphatic heterocycles. The lowest BCUT2D eigenvalue weighted by Gasteiger charge is -2.30. The number of carboxylic acids is 1. The first-order chi connectivity index (χ1) is 9.24. The second-order valence-corrected chi connectivity index (χ2v) is 5.88. The molecule has 1 aromatic heterocycles. The van der Waals surface area contributed by atoms with Crippen LogP contribution in [-0.2, 0) is 18.4 Å². The Hall–Kier alpha value is -1.40. The normalized spacial score (nSPS) is 14.8. The summed E-state index contributed by atoms with van der Waals surface area (Å²) in [6.07, 6.45) is 4.22. The zero-order valence-electron chi connectivity index (χ0n) is 13.1. The van der Waals surface area contributed by atoms with Crippen LogP contribution in [0, 0.1) is 0 Å². The van der Waals surface area contributed by atoms with Crippen molar-refractivity contribution in [2.75, 3.05) is 13.6 Å². The molecule has 0 aliphatic rings. The first-order valence-electron chi connectivity index (χ1n) is 6.90. The number of carboxylic acid groups (broad SMARTS) is 1. The largest absolute Gasteiger partial charge is 0.480 e. The Morgan fingerprint density at radius 3 is 2.70 bits per heavy atom. The van der Waals surface area contributed by atoms with E-state index in [9.17, 15) is 9.90 Å². The van der Waals surface area contributed by atoms with Crippen LogP contribution in [0.15, 0.2) is 12.4 Å². The third kappa shape index (κ3) is 4.61. The number of hydrogen-bond donors (Lipinski definition) is 2. The number of aromatic nitrogens is 2. The second-order valence-electron chi connectivity index (χ2n) is 5.88. The number of nitrogens with zero attached hydrogens (tertiary/aromatic N) is 3. The molecule has 0 bridgehead atoms. The molecule has 1 atom stereocenters. The molecule has 0 aliphatic carbocycles. The van der Waals surface area contributed by atoms with E-state index >= 15 is 0 Å². The van der Waals surface area contributed by atoms with Crippen molar-refractivity contribution in [3.05, 3.63) is 18.2 Å². The lowest BCUT2D eigenvalue weighted by Crippen LogP contribution is -2.53. The van der Waals surface area contributed by atoms with Crippen LogP contribution < -0.4 is 5.32 Å². The molecule has 1 rings (SSSR count). The van der Waals surface area contributed by atoms with Gasteiger partial charge in [0, 0.05) is 32.0 Å². The summed E-state index contributed by atoms with van der Waals surface area (Å²) < 4.78 is 1.97. The SMILES string of the molecule is CC(C)NC(C)(CCN(C)Cc1nccn1C)C(=O)O. The van der Waals surface area contributed by atoms with E-state index in [0.717, 1.165) is 5.82 Å². The third-order valence-electron chi connectivity index (χ3n) is 3.41. The Bertz CT molecular complexity index is 444. The van der Waals surface area contributed by atoms with Crippen LogP contribution in [0.1, 0.15) is 33.0 Å². The van der Waals surface area contributed by atoms with Crippen LogP contribution >= 0.6 is 0 Å².